The van der Waals surface area contributed by atoms with Crippen molar-refractivity contribution < 1.29 is 0 Å². The molecule has 0 atom stereocenters. The molecule has 1 heterocycles. The quantitative estimate of drug-likeness (QED) is 0.644. The Kier molecular flexibility index (Phi) is 6.61. The lowest BCUT2D eigenvalue weighted by Gasteiger charge is -1.94. The Balaban J connectivity index is 0.000000671. The molecular formula is C12H20S. The van der Waals surface area contributed by atoms with Crippen LogP contribution in [0.1, 0.15) is 43.7 Å². The fourth-order valence-electron chi connectivity index (χ4n) is 1.17. The van der Waals surface area contributed by atoms with Crippen molar-refractivity contribution in [2.24, 2.45) is 0 Å². The zero-order chi connectivity index (χ0) is 10.3. The second-order valence-corrected chi connectivity index (χ2v) is 3.57. The topological polar surface area (TPSA) is 0 Å². The third-order valence-corrected chi connectivity index (χ3v) is 3.02. The van der Waals surface area contributed by atoms with Crippen molar-refractivity contribution in [1.82, 2.24) is 0 Å². The average molecular weight is 196 g/mol. The summed E-state index contributed by atoms with van der Waals surface area (Å²) in [4.78, 5) is 1.50. The summed E-state index contributed by atoms with van der Waals surface area (Å²) < 4.78 is 0. The van der Waals surface area contributed by atoms with Crippen LogP contribution in [0.25, 0.3) is 6.08 Å². The van der Waals surface area contributed by atoms with E-state index >= 15 is 0 Å². The number of thiophene rings is 1. The van der Waals surface area contributed by atoms with Gasteiger partial charge >= 0.3 is 0 Å². The molecule has 0 saturated heterocycles. The van der Waals surface area contributed by atoms with Crippen LogP contribution in [0, 0.1) is 6.92 Å². The van der Waals surface area contributed by atoms with E-state index in [1.54, 1.807) is 0 Å². The van der Waals surface area contributed by atoms with E-state index < -0.39 is 0 Å². The summed E-state index contributed by atoms with van der Waals surface area (Å²) in [6.07, 6.45) is 5.46. The van der Waals surface area contributed by atoms with E-state index in [2.05, 4.69) is 38.3 Å². The van der Waals surface area contributed by atoms with Crippen molar-refractivity contribution in [2.45, 2.75) is 41.0 Å². The normalized spacial score (nSPS) is 9.92. The van der Waals surface area contributed by atoms with E-state index in [0.717, 1.165) is 6.42 Å². The van der Waals surface area contributed by atoms with Gasteiger partial charge in [0.15, 0.2) is 0 Å². The first kappa shape index (κ1) is 12.4. The molecule has 0 aromatic carbocycles. The Bertz CT molecular complexity index is 256. The molecule has 0 fully saturated rings. The second-order valence-electron chi connectivity index (χ2n) is 2.61. The van der Waals surface area contributed by atoms with Gasteiger partial charge < -0.3 is 0 Å². The Morgan fingerprint density at radius 3 is 2.46 bits per heavy atom. The molecule has 0 amide bonds. The molecule has 0 unspecified atom stereocenters. The van der Waals surface area contributed by atoms with Crippen LogP contribution in [-0.2, 0) is 6.42 Å². The monoisotopic (exact) mass is 196 g/mol. The molecule has 0 bridgehead atoms. The highest BCUT2D eigenvalue weighted by atomic mass is 32.1. The molecule has 1 aromatic rings. The van der Waals surface area contributed by atoms with Crippen molar-refractivity contribution in [3.8, 4) is 0 Å². The lowest BCUT2D eigenvalue weighted by Crippen LogP contribution is -1.78. The smallest absolute Gasteiger partial charge is 0.0117 e. The molecule has 0 N–H and O–H groups in total. The summed E-state index contributed by atoms with van der Waals surface area (Å²) >= 11 is 1.86. The largest absolute Gasteiger partial charge is 0.148 e. The van der Waals surface area contributed by atoms with E-state index in [4.69, 9.17) is 0 Å². The van der Waals surface area contributed by atoms with Gasteiger partial charge in [-0.1, -0.05) is 32.9 Å². The van der Waals surface area contributed by atoms with Crippen LogP contribution < -0.4 is 0 Å². The van der Waals surface area contributed by atoms with Crippen molar-refractivity contribution >= 4 is 17.4 Å². The molecule has 1 heteroatoms. The SMILES string of the molecule is C/C=C\c1c(C)csc1CC.CC. The van der Waals surface area contributed by atoms with E-state index in [1.807, 2.05) is 25.2 Å². The molecule has 13 heavy (non-hydrogen) atoms. The van der Waals surface area contributed by atoms with Gasteiger partial charge in [0.2, 0.25) is 0 Å². The molecule has 0 saturated carbocycles. The summed E-state index contributed by atoms with van der Waals surface area (Å²) in [7, 11) is 0. The van der Waals surface area contributed by atoms with Gasteiger partial charge in [0.05, 0.1) is 0 Å². The average Bonchev–Trinajstić information content (AvgIpc) is 2.52. The highest BCUT2D eigenvalue weighted by molar-refractivity contribution is 7.10. The standard InChI is InChI=1S/C10H14S.C2H6/c1-4-6-9-8(3)7-11-10(9)5-2;1-2/h4,6-7H,5H2,1-3H3;1-2H3/b6-4-;. The van der Waals surface area contributed by atoms with Crippen LogP contribution in [0.3, 0.4) is 0 Å². The molecule has 1 rings (SSSR count). The van der Waals surface area contributed by atoms with Crippen LogP contribution in [0.2, 0.25) is 0 Å². The van der Waals surface area contributed by atoms with Gasteiger partial charge in [-0.25, -0.2) is 0 Å². The summed E-state index contributed by atoms with van der Waals surface area (Å²) in [5, 5.41) is 2.23. The Morgan fingerprint density at radius 1 is 1.38 bits per heavy atom. The van der Waals surface area contributed by atoms with Crippen molar-refractivity contribution in [2.75, 3.05) is 0 Å². The Morgan fingerprint density at radius 2 is 2.00 bits per heavy atom. The summed E-state index contributed by atoms with van der Waals surface area (Å²) in [6, 6.07) is 0. The van der Waals surface area contributed by atoms with Crippen molar-refractivity contribution in [3.63, 3.8) is 0 Å². The number of rotatable bonds is 2. The minimum atomic E-state index is 1.15. The van der Waals surface area contributed by atoms with Gasteiger partial charge in [0.25, 0.3) is 0 Å². The molecule has 74 valence electrons. The van der Waals surface area contributed by atoms with Crippen LogP contribution in [-0.4, -0.2) is 0 Å². The first-order valence-electron chi connectivity index (χ1n) is 4.99. The van der Waals surface area contributed by atoms with Gasteiger partial charge in [-0.05, 0) is 36.8 Å². The molecule has 0 aliphatic carbocycles. The fourth-order valence-corrected chi connectivity index (χ4v) is 2.14. The number of allylic oxidation sites excluding steroid dienone is 1. The molecule has 0 radical (unpaired) electrons. The second kappa shape index (κ2) is 6.90. The molecule has 0 aliphatic heterocycles. The third-order valence-electron chi connectivity index (χ3n) is 1.76. The highest BCUT2D eigenvalue weighted by Crippen LogP contribution is 2.23. The van der Waals surface area contributed by atoms with E-state index in [1.165, 1.54) is 16.0 Å². The fraction of sp³-hybridized carbons (Fsp3) is 0.500. The number of hydrogen-bond acceptors (Lipinski definition) is 1. The van der Waals surface area contributed by atoms with Crippen LogP contribution in [0.4, 0.5) is 0 Å². The lowest BCUT2D eigenvalue weighted by molar-refractivity contribution is 1.17. The molecule has 1 aromatic heterocycles. The van der Waals surface area contributed by atoms with Crippen molar-refractivity contribution in [3.05, 3.63) is 27.5 Å². The number of hydrogen-bond donors (Lipinski definition) is 0. The molecule has 0 spiro atoms. The Labute approximate surface area is 86.3 Å². The summed E-state index contributed by atoms with van der Waals surface area (Å²) in [5.74, 6) is 0. The molecule has 0 nitrogen and oxygen atoms in total. The van der Waals surface area contributed by atoms with E-state index in [0.29, 0.717) is 0 Å². The maximum absolute atomic E-state index is 2.23. The zero-order valence-corrected chi connectivity index (χ0v) is 10.2. The Hall–Kier alpha value is -0.560. The highest BCUT2D eigenvalue weighted by Gasteiger charge is 2.01. The van der Waals surface area contributed by atoms with Gasteiger partial charge in [-0.2, -0.15) is 0 Å². The molecular weight excluding hydrogens is 176 g/mol. The minimum absolute atomic E-state index is 1.15. The zero-order valence-electron chi connectivity index (χ0n) is 9.35. The van der Waals surface area contributed by atoms with Gasteiger partial charge in [0, 0.05) is 4.88 Å². The summed E-state index contributed by atoms with van der Waals surface area (Å²) in [6.45, 7) is 10.4. The maximum atomic E-state index is 2.23. The first-order chi connectivity index (χ1) is 6.29. The van der Waals surface area contributed by atoms with Gasteiger partial charge in [0.1, 0.15) is 0 Å². The van der Waals surface area contributed by atoms with Crippen LogP contribution in [0.5, 0.6) is 0 Å². The third kappa shape index (κ3) is 3.35. The predicted octanol–water partition coefficient (Wildman–Crippen LogP) is 4.68. The lowest BCUT2D eigenvalue weighted by atomic mass is 10.1. The summed E-state index contributed by atoms with van der Waals surface area (Å²) in [5.41, 5.74) is 2.84. The van der Waals surface area contributed by atoms with Crippen molar-refractivity contribution in [1.29, 1.82) is 0 Å². The molecule has 0 aliphatic rings. The predicted molar refractivity (Wildman–Crippen MR) is 64.5 cm³/mol. The van der Waals surface area contributed by atoms with E-state index in [-0.39, 0.29) is 0 Å². The van der Waals surface area contributed by atoms with Gasteiger partial charge in [-0.3, -0.25) is 0 Å². The maximum Gasteiger partial charge on any atom is 0.0117 e. The van der Waals surface area contributed by atoms with Gasteiger partial charge in [-0.15, -0.1) is 11.3 Å². The van der Waals surface area contributed by atoms with Crippen LogP contribution in [0.15, 0.2) is 11.5 Å². The minimum Gasteiger partial charge on any atom is -0.148 e. The van der Waals surface area contributed by atoms with Crippen LogP contribution >= 0.6 is 11.3 Å². The number of aryl methyl sites for hydroxylation is 2. The van der Waals surface area contributed by atoms with E-state index in [9.17, 15) is 0 Å². The first-order valence-corrected chi connectivity index (χ1v) is 5.87.